The van der Waals surface area contributed by atoms with Crippen LogP contribution in [0, 0.1) is 0 Å². The Kier molecular flexibility index (Phi) is 5.84. The Morgan fingerprint density at radius 3 is 2.57 bits per heavy atom. The molecule has 5 heteroatoms. The zero-order valence-electron chi connectivity index (χ0n) is 11.7. The fraction of sp³-hybridized carbons (Fsp3) is 0.125. The van der Waals surface area contributed by atoms with E-state index in [1.165, 1.54) is 4.90 Å². The highest BCUT2D eigenvalue weighted by atomic mass is 32.2. The number of carbonyl (C=O) groups is 1. The van der Waals surface area contributed by atoms with Gasteiger partial charge in [0.15, 0.2) is 6.61 Å². The minimum Gasteiger partial charge on any atom is -0.484 e. The van der Waals surface area contributed by atoms with Crippen molar-refractivity contribution in [1.29, 1.82) is 0 Å². The molecule has 1 amide bonds. The third kappa shape index (κ3) is 5.31. The van der Waals surface area contributed by atoms with Crippen molar-refractivity contribution in [1.82, 2.24) is 5.43 Å². The van der Waals surface area contributed by atoms with E-state index in [0.29, 0.717) is 5.75 Å². The Balaban J connectivity index is 1.76. The van der Waals surface area contributed by atoms with Crippen molar-refractivity contribution >= 4 is 23.9 Å². The van der Waals surface area contributed by atoms with Gasteiger partial charge in [0.05, 0.1) is 6.21 Å². The number of ether oxygens (including phenoxy) is 1. The van der Waals surface area contributed by atoms with Crippen molar-refractivity contribution in [3.63, 3.8) is 0 Å². The molecule has 0 radical (unpaired) electrons. The molecule has 0 aliphatic carbocycles. The smallest absolute Gasteiger partial charge is 0.277 e. The van der Waals surface area contributed by atoms with Crippen LogP contribution >= 0.6 is 11.8 Å². The van der Waals surface area contributed by atoms with Crippen LogP contribution < -0.4 is 10.2 Å². The number of hydrazone groups is 1. The standard InChI is InChI=1S/C16H16N2O2S/c1-21-15-9-7-13(8-10-15)11-17-18-16(19)12-20-14-5-3-2-4-6-14/h2-11H,12H2,1H3,(H,18,19)/b17-11+. The first-order valence-electron chi connectivity index (χ1n) is 6.42. The summed E-state index contributed by atoms with van der Waals surface area (Å²) in [7, 11) is 0. The van der Waals surface area contributed by atoms with Crippen molar-refractivity contribution < 1.29 is 9.53 Å². The molecule has 0 spiro atoms. The minimum atomic E-state index is -0.296. The molecule has 108 valence electrons. The van der Waals surface area contributed by atoms with Crippen LogP contribution in [-0.4, -0.2) is 25.0 Å². The van der Waals surface area contributed by atoms with Crippen molar-refractivity contribution in [3.8, 4) is 5.75 Å². The summed E-state index contributed by atoms with van der Waals surface area (Å²) in [5.74, 6) is 0.361. The molecule has 0 aliphatic heterocycles. The largest absolute Gasteiger partial charge is 0.484 e. The van der Waals surface area contributed by atoms with E-state index >= 15 is 0 Å². The summed E-state index contributed by atoms with van der Waals surface area (Å²) in [6, 6.07) is 17.1. The fourth-order valence-corrected chi connectivity index (χ4v) is 1.97. The highest BCUT2D eigenvalue weighted by molar-refractivity contribution is 7.98. The summed E-state index contributed by atoms with van der Waals surface area (Å²) in [5.41, 5.74) is 3.36. The van der Waals surface area contributed by atoms with Crippen LogP contribution in [0.2, 0.25) is 0 Å². The van der Waals surface area contributed by atoms with E-state index in [-0.39, 0.29) is 12.5 Å². The predicted octanol–water partition coefficient (Wildman–Crippen LogP) is 2.94. The average molecular weight is 300 g/mol. The topological polar surface area (TPSA) is 50.7 Å². The number of rotatable bonds is 6. The highest BCUT2D eigenvalue weighted by Crippen LogP contribution is 2.13. The highest BCUT2D eigenvalue weighted by Gasteiger charge is 2.00. The second-order valence-electron chi connectivity index (χ2n) is 4.17. The summed E-state index contributed by atoms with van der Waals surface area (Å²) in [6.45, 7) is -0.0627. The third-order valence-electron chi connectivity index (χ3n) is 2.63. The maximum Gasteiger partial charge on any atom is 0.277 e. The molecule has 0 fully saturated rings. The first-order chi connectivity index (χ1) is 10.3. The number of thioether (sulfide) groups is 1. The number of hydrogen-bond donors (Lipinski definition) is 1. The lowest BCUT2D eigenvalue weighted by molar-refractivity contribution is -0.123. The third-order valence-corrected chi connectivity index (χ3v) is 3.38. The maximum atomic E-state index is 11.6. The Bertz CT molecular complexity index is 597. The molecule has 0 saturated heterocycles. The summed E-state index contributed by atoms with van der Waals surface area (Å²) in [4.78, 5) is 12.7. The number of amides is 1. The molecule has 0 bridgehead atoms. The fourth-order valence-electron chi connectivity index (χ4n) is 1.57. The lowest BCUT2D eigenvalue weighted by atomic mass is 10.2. The van der Waals surface area contributed by atoms with Gasteiger partial charge in [0.2, 0.25) is 0 Å². The zero-order chi connectivity index (χ0) is 14.9. The van der Waals surface area contributed by atoms with E-state index in [4.69, 9.17) is 4.74 Å². The molecule has 21 heavy (non-hydrogen) atoms. The minimum absolute atomic E-state index is 0.0627. The molecular formula is C16H16N2O2S. The molecule has 2 rings (SSSR count). The van der Waals surface area contributed by atoms with Crippen molar-refractivity contribution in [3.05, 3.63) is 60.2 Å². The van der Waals surface area contributed by atoms with Gasteiger partial charge in [-0.05, 0) is 36.1 Å². The molecule has 0 saturated carbocycles. The van der Waals surface area contributed by atoms with Crippen LogP contribution in [0.1, 0.15) is 5.56 Å². The maximum absolute atomic E-state index is 11.6. The Labute approximate surface area is 128 Å². The lowest BCUT2D eigenvalue weighted by Crippen LogP contribution is -2.24. The van der Waals surface area contributed by atoms with Crippen LogP contribution in [0.5, 0.6) is 5.75 Å². The van der Waals surface area contributed by atoms with Gasteiger partial charge in [0.25, 0.3) is 5.91 Å². The van der Waals surface area contributed by atoms with Gasteiger partial charge >= 0.3 is 0 Å². The van der Waals surface area contributed by atoms with Gasteiger partial charge in [-0.15, -0.1) is 11.8 Å². The van der Waals surface area contributed by atoms with Gasteiger partial charge in [-0.1, -0.05) is 30.3 Å². The molecule has 4 nitrogen and oxygen atoms in total. The van der Waals surface area contributed by atoms with E-state index in [0.717, 1.165) is 5.56 Å². The SMILES string of the molecule is CSc1ccc(/C=N/NC(=O)COc2ccccc2)cc1. The van der Waals surface area contributed by atoms with Gasteiger partial charge in [-0.25, -0.2) is 5.43 Å². The van der Waals surface area contributed by atoms with Gasteiger partial charge in [0, 0.05) is 4.90 Å². The molecule has 0 aromatic heterocycles. The van der Waals surface area contributed by atoms with E-state index < -0.39 is 0 Å². The van der Waals surface area contributed by atoms with E-state index in [1.54, 1.807) is 30.1 Å². The normalized spacial score (nSPS) is 10.5. The van der Waals surface area contributed by atoms with E-state index in [1.807, 2.05) is 48.7 Å². The molecule has 1 N–H and O–H groups in total. The van der Waals surface area contributed by atoms with Crippen molar-refractivity contribution in [2.24, 2.45) is 5.10 Å². The molecule has 2 aromatic rings. The molecule has 0 atom stereocenters. The quantitative estimate of drug-likeness (QED) is 0.507. The lowest BCUT2D eigenvalue weighted by Gasteiger charge is -2.04. The summed E-state index contributed by atoms with van der Waals surface area (Å²) >= 11 is 1.68. The van der Waals surface area contributed by atoms with Gasteiger partial charge in [-0.3, -0.25) is 4.79 Å². The monoisotopic (exact) mass is 300 g/mol. The number of benzene rings is 2. The van der Waals surface area contributed by atoms with Crippen molar-refractivity contribution in [2.75, 3.05) is 12.9 Å². The summed E-state index contributed by atoms with van der Waals surface area (Å²) in [6.07, 6.45) is 3.63. The van der Waals surface area contributed by atoms with Gasteiger partial charge < -0.3 is 4.74 Å². The molecular weight excluding hydrogens is 284 g/mol. The molecule has 2 aromatic carbocycles. The molecule has 0 aliphatic rings. The number of hydrogen-bond acceptors (Lipinski definition) is 4. The Hall–Kier alpha value is -2.27. The Morgan fingerprint density at radius 1 is 1.19 bits per heavy atom. The van der Waals surface area contributed by atoms with Gasteiger partial charge in [0.1, 0.15) is 5.75 Å². The van der Waals surface area contributed by atoms with Crippen LogP contribution in [0.4, 0.5) is 0 Å². The van der Waals surface area contributed by atoms with Gasteiger partial charge in [-0.2, -0.15) is 5.10 Å². The number of para-hydroxylation sites is 1. The molecule has 0 heterocycles. The molecule has 0 unspecified atom stereocenters. The van der Waals surface area contributed by atoms with Crippen LogP contribution in [0.15, 0.2) is 64.6 Å². The van der Waals surface area contributed by atoms with E-state index in [2.05, 4.69) is 10.5 Å². The first-order valence-corrected chi connectivity index (χ1v) is 7.64. The van der Waals surface area contributed by atoms with Crippen LogP contribution in [0.3, 0.4) is 0 Å². The second kappa shape index (κ2) is 8.11. The first kappa shape index (κ1) is 15.1. The second-order valence-corrected chi connectivity index (χ2v) is 5.05. The van der Waals surface area contributed by atoms with Crippen LogP contribution in [0.25, 0.3) is 0 Å². The number of carbonyl (C=O) groups excluding carboxylic acids is 1. The summed E-state index contributed by atoms with van der Waals surface area (Å²) < 4.78 is 5.31. The van der Waals surface area contributed by atoms with Crippen molar-refractivity contribution in [2.45, 2.75) is 4.90 Å². The van der Waals surface area contributed by atoms with E-state index in [9.17, 15) is 4.79 Å². The predicted molar refractivity (Wildman–Crippen MR) is 85.9 cm³/mol. The average Bonchev–Trinajstić information content (AvgIpc) is 2.54. The number of nitrogens with one attached hydrogen (secondary N) is 1. The summed E-state index contributed by atoms with van der Waals surface area (Å²) in [5, 5.41) is 3.90. The number of nitrogens with zero attached hydrogens (tertiary/aromatic N) is 1. The van der Waals surface area contributed by atoms with Crippen LogP contribution in [-0.2, 0) is 4.79 Å². The zero-order valence-corrected chi connectivity index (χ0v) is 12.5. The Morgan fingerprint density at radius 2 is 1.90 bits per heavy atom.